The standard InChI is InChI=1S/C40H59N3O4/c1-25(11-16-34(45)42(10)27-13-12-26-24-41-43(31(26)23-27)35(46)47-36(2,3)4)28-17-21-40(9)30-14-15-32-37(5,6)33(44)19-20-38(32,7)29(30)18-22-39(28,40)8/h12-13,23-25,28,32-33,44H,11,14-22H2,1-10H3/t25-,28-,32+,33+,38-,39-,40+/m1/s1. The van der Waals surface area contributed by atoms with Crippen molar-refractivity contribution in [3.63, 3.8) is 0 Å². The lowest BCUT2D eigenvalue weighted by atomic mass is 9.43. The number of hydrogen-bond donors (Lipinski definition) is 1. The molecule has 0 unspecified atom stereocenters. The molecule has 1 N–H and O–H groups in total. The van der Waals surface area contributed by atoms with Crippen molar-refractivity contribution < 1.29 is 19.4 Å². The van der Waals surface area contributed by atoms with E-state index in [2.05, 4.69) is 46.6 Å². The van der Waals surface area contributed by atoms with E-state index in [1.807, 2.05) is 46.0 Å². The van der Waals surface area contributed by atoms with E-state index in [4.69, 9.17) is 4.74 Å². The number of ether oxygens (including phenoxy) is 1. The van der Waals surface area contributed by atoms with Gasteiger partial charge in [0.15, 0.2) is 0 Å². The molecular weight excluding hydrogens is 586 g/mol. The van der Waals surface area contributed by atoms with Crippen LogP contribution in [0.15, 0.2) is 35.5 Å². The molecule has 2 saturated carbocycles. The number of hydrogen-bond acceptors (Lipinski definition) is 5. The topological polar surface area (TPSA) is 84.7 Å². The van der Waals surface area contributed by atoms with Gasteiger partial charge in [0.2, 0.25) is 5.91 Å². The molecule has 0 spiro atoms. The molecule has 2 aromatic rings. The van der Waals surface area contributed by atoms with Crippen LogP contribution in [0.1, 0.15) is 127 Å². The summed E-state index contributed by atoms with van der Waals surface area (Å²) in [7, 11) is 1.83. The average Bonchev–Trinajstić information content (AvgIpc) is 3.54. The molecule has 0 saturated heterocycles. The SMILES string of the molecule is C[C@H](CCC(=O)N(C)c1ccc2cnn(C(=O)OC(C)(C)C)c2c1)[C@H]1CC[C@@]2(C)C3=C(CC[C@]12C)[C@@]1(C)CC[C@H](O)C(C)(C)[C@@H]1CC3. The van der Waals surface area contributed by atoms with Crippen LogP contribution in [0, 0.1) is 39.4 Å². The lowest BCUT2D eigenvalue weighted by molar-refractivity contribution is -0.118. The minimum Gasteiger partial charge on any atom is -0.442 e. The van der Waals surface area contributed by atoms with E-state index in [-0.39, 0.29) is 33.7 Å². The minimum atomic E-state index is -0.629. The maximum atomic E-state index is 13.6. The minimum absolute atomic E-state index is 0.0370. The zero-order chi connectivity index (χ0) is 34.3. The first-order chi connectivity index (χ1) is 21.8. The molecule has 1 amide bonds. The Bertz CT molecular complexity index is 1600. The highest BCUT2D eigenvalue weighted by molar-refractivity contribution is 5.96. The van der Waals surface area contributed by atoms with Crippen LogP contribution in [0.25, 0.3) is 10.9 Å². The largest absolute Gasteiger partial charge is 0.442 e. The molecule has 1 heterocycles. The van der Waals surface area contributed by atoms with Crippen LogP contribution in [-0.4, -0.2) is 45.6 Å². The summed E-state index contributed by atoms with van der Waals surface area (Å²) in [5.41, 5.74) is 4.88. The molecule has 7 nitrogen and oxygen atoms in total. The molecule has 4 aliphatic rings. The molecule has 2 fully saturated rings. The van der Waals surface area contributed by atoms with Gasteiger partial charge in [-0.1, -0.05) is 52.7 Å². The van der Waals surface area contributed by atoms with E-state index in [1.165, 1.54) is 43.2 Å². The van der Waals surface area contributed by atoms with Crippen molar-refractivity contribution >= 4 is 28.6 Å². The van der Waals surface area contributed by atoms with Crippen molar-refractivity contribution in [2.45, 2.75) is 138 Å². The summed E-state index contributed by atoms with van der Waals surface area (Å²) in [5, 5.41) is 16.0. The van der Waals surface area contributed by atoms with Gasteiger partial charge in [-0.3, -0.25) is 4.79 Å². The Morgan fingerprint density at radius 3 is 2.47 bits per heavy atom. The van der Waals surface area contributed by atoms with E-state index in [0.29, 0.717) is 29.7 Å². The molecule has 7 heteroatoms. The van der Waals surface area contributed by atoms with Crippen molar-refractivity contribution in [1.29, 1.82) is 0 Å². The van der Waals surface area contributed by atoms with Gasteiger partial charge in [0.1, 0.15) is 5.60 Å². The summed E-state index contributed by atoms with van der Waals surface area (Å²) in [4.78, 5) is 28.1. The van der Waals surface area contributed by atoms with E-state index in [9.17, 15) is 14.7 Å². The number of amides is 1. The molecular formula is C40H59N3O4. The van der Waals surface area contributed by atoms with Crippen molar-refractivity contribution in [3.8, 4) is 0 Å². The molecule has 258 valence electrons. The zero-order valence-corrected chi connectivity index (χ0v) is 30.7. The molecule has 0 aliphatic heterocycles. The summed E-state index contributed by atoms with van der Waals surface area (Å²) in [6.07, 6.45) is 11.6. The molecule has 47 heavy (non-hydrogen) atoms. The first-order valence-corrected chi connectivity index (χ1v) is 18.2. The van der Waals surface area contributed by atoms with Gasteiger partial charge in [-0.25, -0.2) is 4.79 Å². The second-order valence-electron chi connectivity index (χ2n) is 18.0. The highest BCUT2D eigenvalue weighted by Gasteiger charge is 2.63. The first-order valence-electron chi connectivity index (χ1n) is 18.2. The lowest BCUT2D eigenvalue weighted by Crippen LogP contribution is -2.55. The van der Waals surface area contributed by atoms with Crippen LogP contribution in [-0.2, 0) is 9.53 Å². The second-order valence-corrected chi connectivity index (χ2v) is 18.0. The smallest absolute Gasteiger partial charge is 0.435 e. The summed E-state index contributed by atoms with van der Waals surface area (Å²) in [5.74, 6) is 1.68. The van der Waals surface area contributed by atoms with Crippen molar-refractivity contribution in [2.75, 3.05) is 11.9 Å². The maximum Gasteiger partial charge on any atom is 0.435 e. The third kappa shape index (κ3) is 5.38. The van der Waals surface area contributed by atoms with Crippen molar-refractivity contribution in [2.24, 2.45) is 39.4 Å². The molecule has 7 atom stereocenters. The molecule has 1 aromatic carbocycles. The number of nitrogens with zero attached hydrogens (tertiary/aromatic N) is 3. The van der Waals surface area contributed by atoms with Gasteiger partial charge in [0, 0.05) is 24.5 Å². The predicted molar refractivity (Wildman–Crippen MR) is 188 cm³/mol. The van der Waals surface area contributed by atoms with Gasteiger partial charge in [-0.2, -0.15) is 9.78 Å². The van der Waals surface area contributed by atoms with Gasteiger partial charge < -0.3 is 14.7 Å². The van der Waals surface area contributed by atoms with Crippen LogP contribution in [0.5, 0.6) is 0 Å². The van der Waals surface area contributed by atoms with Gasteiger partial charge in [0.05, 0.1) is 17.8 Å². The Morgan fingerprint density at radius 1 is 1.04 bits per heavy atom. The van der Waals surface area contributed by atoms with Gasteiger partial charge in [-0.05, 0) is 136 Å². The van der Waals surface area contributed by atoms with Crippen LogP contribution in [0.4, 0.5) is 10.5 Å². The monoisotopic (exact) mass is 645 g/mol. The highest BCUT2D eigenvalue weighted by atomic mass is 16.6. The van der Waals surface area contributed by atoms with Crippen molar-refractivity contribution in [3.05, 3.63) is 35.5 Å². The van der Waals surface area contributed by atoms with Gasteiger partial charge >= 0.3 is 6.09 Å². The predicted octanol–water partition coefficient (Wildman–Crippen LogP) is 9.31. The van der Waals surface area contributed by atoms with Crippen LogP contribution in [0.3, 0.4) is 0 Å². The number of benzene rings is 1. The lowest BCUT2D eigenvalue weighted by Gasteiger charge is -2.62. The van der Waals surface area contributed by atoms with E-state index in [0.717, 1.165) is 30.3 Å². The maximum absolute atomic E-state index is 13.6. The fourth-order valence-electron chi connectivity index (χ4n) is 11.2. The third-order valence-corrected chi connectivity index (χ3v) is 14.2. The normalized spacial score (nSPS) is 34.0. The molecule has 4 aliphatic carbocycles. The van der Waals surface area contributed by atoms with Crippen LogP contribution < -0.4 is 4.90 Å². The second kappa shape index (κ2) is 11.5. The number of carbonyl (C=O) groups is 2. The highest BCUT2D eigenvalue weighted by Crippen LogP contribution is 2.72. The number of carbonyl (C=O) groups excluding carboxylic acids is 2. The van der Waals surface area contributed by atoms with E-state index < -0.39 is 11.7 Å². The molecule has 1 aromatic heterocycles. The summed E-state index contributed by atoms with van der Waals surface area (Å²) in [6, 6.07) is 5.68. The van der Waals surface area contributed by atoms with Crippen LogP contribution in [0.2, 0.25) is 0 Å². The summed E-state index contributed by atoms with van der Waals surface area (Å²) < 4.78 is 6.82. The van der Waals surface area contributed by atoms with Crippen LogP contribution >= 0.6 is 0 Å². The fraction of sp³-hybridized carbons (Fsp3) is 0.725. The fourth-order valence-corrected chi connectivity index (χ4v) is 11.2. The Labute approximate surface area is 282 Å². The summed E-state index contributed by atoms with van der Waals surface area (Å²) in [6.45, 7) is 20.2. The van der Waals surface area contributed by atoms with E-state index in [1.54, 1.807) is 22.2 Å². The Morgan fingerprint density at radius 2 is 1.77 bits per heavy atom. The molecule has 6 rings (SSSR count). The molecule has 0 bridgehead atoms. The Kier molecular flexibility index (Phi) is 8.34. The number of allylic oxidation sites excluding steroid dienone is 2. The number of fused-ring (bicyclic) bond motifs is 5. The Balaban J connectivity index is 1.15. The van der Waals surface area contributed by atoms with Gasteiger partial charge in [0.25, 0.3) is 0 Å². The number of aromatic nitrogens is 2. The first kappa shape index (κ1) is 34.2. The quantitative estimate of drug-likeness (QED) is 0.328. The summed E-state index contributed by atoms with van der Waals surface area (Å²) >= 11 is 0. The van der Waals surface area contributed by atoms with Gasteiger partial charge in [-0.15, -0.1) is 0 Å². The third-order valence-electron chi connectivity index (χ3n) is 14.2. The Hall–Kier alpha value is -2.67. The average molecular weight is 646 g/mol. The molecule has 0 radical (unpaired) electrons. The number of aliphatic hydroxyl groups excluding tert-OH is 1. The number of aliphatic hydroxyl groups is 1. The zero-order valence-electron chi connectivity index (χ0n) is 30.7. The number of anilines is 1. The van der Waals surface area contributed by atoms with Crippen molar-refractivity contribution in [1.82, 2.24) is 9.78 Å². The van der Waals surface area contributed by atoms with E-state index >= 15 is 0 Å². The number of rotatable bonds is 5.